The summed E-state index contributed by atoms with van der Waals surface area (Å²) in [4.78, 5) is 4.18. The molecule has 0 saturated heterocycles. The summed E-state index contributed by atoms with van der Waals surface area (Å²) in [5.41, 5.74) is 9.19. The number of ether oxygens (including phenoxy) is 1. The van der Waals surface area contributed by atoms with Gasteiger partial charge >= 0.3 is 0 Å². The molecule has 0 spiro atoms. The first-order chi connectivity index (χ1) is 10.3. The van der Waals surface area contributed by atoms with Crippen LogP contribution in [0.25, 0.3) is 0 Å². The lowest BCUT2D eigenvalue weighted by Crippen LogP contribution is -2.44. The molecule has 0 bridgehead atoms. The van der Waals surface area contributed by atoms with Gasteiger partial charge in [0.1, 0.15) is 11.9 Å². The number of nitrogens with zero attached hydrogens (tertiary/aromatic N) is 1. The van der Waals surface area contributed by atoms with E-state index in [1.54, 1.807) is 6.20 Å². The second-order valence-corrected chi connectivity index (χ2v) is 5.41. The van der Waals surface area contributed by atoms with E-state index < -0.39 is 0 Å². The van der Waals surface area contributed by atoms with Crippen molar-refractivity contribution in [3.05, 3.63) is 53.9 Å². The van der Waals surface area contributed by atoms with Crippen LogP contribution in [-0.2, 0) is 12.8 Å². The summed E-state index contributed by atoms with van der Waals surface area (Å²) in [5, 5.41) is 3.53. The van der Waals surface area contributed by atoms with Crippen LogP contribution in [0.5, 0.6) is 5.75 Å². The lowest BCUT2D eigenvalue weighted by atomic mass is 9.98. The average Bonchev–Trinajstić information content (AvgIpc) is 2.93. The summed E-state index contributed by atoms with van der Waals surface area (Å²) in [6.45, 7) is 3.02. The number of aromatic nitrogens is 1. The number of fused-ring (bicyclic) bond motifs is 1. The Morgan fingerprint density at radius 2 is 2.24 bits per heavy atom. The standard InChI is InChI=1S/C17H21N3O/c1-2-20-15(9-13-11-19-8-7-14(13)18)17-10-12-5-3-4-6-16(12)21-17/h3-8,11,15,17,20H,2,9-10H2,1H3,(H2,18,19). The number of anilines is 1. The van der Waals surface area contributed by atoms with Crippen LogP contribution in [-0.4, -0.2) is 23.7 Å². The highest BCUT2D eigenvalue weighted by molar-refractivity contribution is 5.45. The molecule has 0 aliphatic carbocycles. The monoisotopic (exact) mass is 283 g/mol. The zero-order chi connectivity index (χ0) is 14.7. The van der Waals surface area contributed by atoms with Gasteiger partial charge in [0.15, 0.2) is 0 Å². The molecule has 2 unspecified atom stereocenters. The molecule has 2 aromatic rings. The lowest BCUT2D eigenvalue weighted by molar-refractivity contribution is 0.178. The molecule has 0 amide bonds. The number of nitrogen functional groups attached to an aromatic ring is 1. The van der Waals surface area contributed by atoms with Crippen molar-refractivity contribution in [2.75, 3.05) is 12.3 Å². The van der Waals surface area contributed by atoms with Gasteiger partial charge in [-0.25, -0.2) is 0 Å². The molecule has 3 rings (SSSR count). The minimum Gasteiger partial charge on any atom is -0.488 e. The van der Waals surface area contributed by atoms with Crippen LogP contribution in [0, 0.1) is 0 Å². The third kappa shape index (κ3) is 3.00. The molecule has 2 atom stereocenters. The number of hydrogen-bond donors (Lipinski definition) is 2. The predicted molar refractivity (Wildman–Crippen MR) is 84.4 cm³/mol. The van der Waals surface area contributed by atoms with Crippen LogP contribution in [0.4, 0.5) is 5.69 Å². The van der Waals surface area contributed by atoms with Gasteiger partial charge in [-0.2, -0.15) is 0 Å². The Labute approximate surface area is 125 Å². The van der Waals surface area contributed by atoms with Crippen molar-refractivity contribution in [3.8, 4) is 5.75 Å². The summed E-state index contributed by atoms with van der Waals surface area (Å²) < 4.78 is 6.11. The zero-order valence-corrected chi connectivity index (χ0v) is 12.3. The second-order valence-electron chi connectivity index (χ2n) is 5.41. The van der Waals surface area contributed by atoms with Crippen molar-refractivity contribution < 1.29 is 4.74 Å². The zero-order valence-electron chi connectivity index (χ0n) is 12.3. The summed E-state index contributed by atoms with van der Waals surface area (Å²) in [5.74, 6) is 1.00. The van der Waals surface area contributed by atoms with Crippen molar-refractivity contribution in [3.63, 3.8) is 0 Å². The normalized spacial score (nSPS) is 18.0. The van der Waals surface area contributed by atoms with E-state index in [1.165, 1.54) is 5.56 Å². The van der Waals surface area contributed by atoms with Crippen molar-refractivity contribution in [1.29, 1.82) is 0 Å². The Kier molecular flexibility index (Phi) is 4.06. The van der Waals surface area contributed by atoms with Gasteiger partial charge in [-0.1, -0.05) is 25.1 Å². The van der Waals surface area contributed by atoms with Crippen LogP contribution >= 0.6 is 0 Å². The van der Waals surface area contributed by atoms with Gasteiger partial charge < -0.3 is 15.8 Å². The molecule has 4 nitrogen and oxygen atoms in total. The topological polar surface area (TPSA) is 60.2 Å². The maximum atomic E-state index is 6.11. The number of para-hydroxylation sites is 1. The third-order valence-corrected chi connectivity index (χ3v) is 3.97. The SMILES string of the molecule is CCNC(Cc1cnccc1N)C1Cc2ccccc2O1. The van der Waals surface area contributed by atoms with E-state index >= 15 is 0 Å². The van der Waals surface area contributed by atoms with E-state index in [-0.39, 0.29) is 12.1 Å². The van der Waals surface area contributed by atoms with E-state index in [0.29, 0.717) is 0 Å². The highest BCUT2D eigenvalue weighted by Crippen LogP contribution is 2.30. The molecule has 0 fully saturated rings. The first-order valence-corrected chi connectivity index (χ1v) is 7.44. The maximum absolute atomic E-state index is 6.11. The van der Waals surface area contributed by atoms with E-state index in [0.717, 1.165) is 36.4 Å². The molecule has 1 aromatic heterocycles. The van der Waals surface area contributed by atoms with Crippen LogP contribution in [0.2, 0.25) is 0 Å². The van der Waals surface area contributed by atoms with Gasteiger partial charge in [-0.15, -0.1) is 0 Å². The van der Waals surface area contributed by atoms with Gasteiger partial charge in [0.25, 0.3) is 0 Å². The highest BCUT2D eigenvalue weighted by atomic mass is 16.5. The smallest absolute Gasteiger partial charge is 0.123 e. The van der Waals surface area contributed by atoms with Gasteiger partial charge in [0, 0.05) is 30.5 Å². The van der Waals surface area contributed by atoms with Gasteiger partial charge in [0.05, 0.1) is 0 Å². The predicted octanol–water partition coefficient (Wildman–Crippen LogP) is 2.19. The van der Waals surface area contributed by atoms with Crippen LogP contribution in [0.15, 0.2) is 42.7 Å². The molecular formula is C17H21N3O. The Morgan fingerprint density at radius 3 is 3.00 bits per heavy atom. The Balaban J connectivity index is 1.76. The van der Waals surface area contributed by atoms with Gasteiger partial charge in [0.2, 0.25) is 0 Å². The number of pyridine rings is 1. The number of hydrogen-bond acceptors (Lipinski definition) is 4. The largest absolute Gasteiger partial charge is 0.488 e. The fourth-order valence-electron chi connectivity index (χ4n) is 2.88. The minimum atomic E-state index is 0.141. The summed E-state index contributed by atoms with van der Waals surface area (Å²) in [6.07, 6.45) is 5.48. The summed E-state index contributed by atoms with van der Waals surface area (Å²) in [6, 6.07) is 10.3. The molecule has 1 aromatic carbocycles. The maximum Gasteiger partial charge on any atom is 0.123 e. The molecule has 0 saturated carbocycles. The molecule has 1 aliphatic heterocycles. The average molecular weight is 283 g/mol. The number of benzene rings is 1. The minimum absolute atomic E-state index is 0.141. The fraction of sp³-hybridized carbons (Fsp3) is 0.353. The molecule has 0 radical (unpaired) electrons. The van der Waals surface area contributed by atoms with E-state index in [4.69, 9.17) is 10.5 Å². The molecule has 110 valence electrons. The number of nitrogens with two attached hydrogens (primary N) is 1. The molecule has 1 aliphatic rings. The first-order valence-electron chi connectivity index (χ1n) is 7.44. The first kappa shape index (κ1) is 13.9. The Morgan fingerprint density at radius 1 is 1.38 bits per heavy atom. The van der Waals surface area contributed by atoms with Gasteiger partial charge in [-0.05, 0) is 36.2 Å². The third-order valence-electron chi connectivity index (χ3n) is 3.97. The Bertz CT molecular complexity index is 589. The molecule has 21 heavy (non-hydrogen) atoms. The van der Waals surface area contributed by atoms with Gasteiger partial charge in [-0.3, -0.25) is 4.98 Å². The molecule has 3 N–H and O–H groups in total. The van der Waals surface area contributed by atoms with Crippen molar-refractivity contribution in [2.45, 2.75) is 31.9 Å². The number of nitrogens with one attached hydrogen (secondary N) is 1. The van der Waals surface area contributed by atoms with Crippen LogP contribution in [0.1, 0.15) is 18.1 Å². The van der Waals surface area contributed by atoms with Crippen molar-refractivity contribution >= 4 is 5.69 Å². The summed E-state index contributed by atoms with van der Waals surface area (Å²) >= 11 is 0. The second kappa shape index (κ2) is 6.14. The number of rotatable bonds is 5. The van der Waals surface area contributed by atoms with Crippen LogP contribution < -0.4 is 15.8 Å². The van der Waals surface area contributed by atoms with E-state index in [1.807, 2.05) is 24.4 Å². The Hall–Kier alpha value is -2.07. The van der Waals surface area contributed by atoms with E-state index in [2.05, 4.69) is 29.4 Å². The lowest BCUT2D eigenvalue weighted by Gasteiger charge is -2.24. The highest BCUT2D eigenvalue weighted by Gasteiger charge is 2.30. The molecular weight excluding hydrogens is 262 g/mol. The van der Waals surface area contributed by atoms with Crippen molar-refractivity contribution in [2.24, 2.45) is 0 Å². The fourth-order valence-corrected chi connectivity index (χ4v) is 2.88. The molecule has 2 heterocycles. The quantitative estimate of drug-likeness (QED) is 0.883. The summed E-state index contributed by atoms with van der Waals surface area (Å²) in [7, 11) is 0. The number of likely N-dealkylation sites (N-methyl/N-ethyl adjacent to an activating group) is 1. The molecule has 4 heteroatoms. The van der Waals surface area contributed by atoms with Crippen LogP contribution in [0.3, 0.4) is 0 Å². The van der Waals surface area contributed by atoms with E-state index in [9.17, 15) is 0 Å². The van der Waals surface area contributed by atoms with Crippen molar-refractivity contribution in [1.82, 2.24) is 10.3 Å².